The van der Waals surface area contributed by atoms with E-state index >= 15 is 0 Å². The molecule has 1 saturated heterocycles. The number of hydrogen-bond acceptors (Lipinski definition) is 4. The Bertz CT molecular complexity index is 626. The van der Waals surface area contributed by atoms with Crippen LogP contribution in [-0.4, -0.2) is 43.2 Å². The summed E-state index contributed by atoms with van der Waals surface area (Å²) >= 11 is 1.52. The number of carbonyl (C=O) groups is 1. The van der Waals surface area contributed by atoms with E-state index in [9.17, 15) is 4.79 Å². The first-order valence-corrected chi connectivity index (χ1v) is 9.00. The zero-order chi connectivity index (χ0) is 16.2. The lowest BCUT2D eigenvalue weighted by atomic mass is 10.2. The van der Waals surface area contributed by atoms with E-state index in [1.54, 1.807) is 0 Å². The molecule has 2 heterocycles. The number of anilines is 1. The van der Waals surface area contributed by atoms with Gasteiger partial charge in [0, 0.05) is 32.9 Å². The Balaban J connectivity index is 1.71. The highest BCUT2D eigenvalue weighted by Crippen LogP contribution is 2.31. The first kappa shape index (κ1) is 16.1. The van der Waals surface area contributed by atoms with Gasteiger partial charge in [-0.2, -0.15) is 4.99 Å². The fraction of sp³-hybridized carbons (Fsp3) is 0.444. The quantitative estimate of drug-likeness (QED) is 0.777. The second-order valence-corrected chi connectivity index (χ2v) is 7.21. The van der Waals surface area contributed by atoms with Gasteiger partial charge in [-0.05, 0) is 48.4 Å². The first-order chi connectivity index (χ1) is 11.1. The molecule has 0 saturated carbocycles. The van der Waals surface area contributed by atoms with E-state index in [1.807, 2.05) is 32.3 Å². The van der Waals surface area contributed by atoms with Crippen molar-refractivity contribution in [1.82, 2.24) is 4.90 Å². The molecule has 1 fully saturated rings. The van der Waals surface area contributed by atoms with E-state index in [0.29, 0.717) is 0 Å². The molecule has 4 nitrogen and oxygen atoms in total. The van der Waals surface area contributed by atoms with Crippen molar-refractivity contribution in [2.45, 2.75) is 25.7 Å². The number of nitrogens with zero attached hydrogens (tertiary/aromatic N) is 3. The van der Waals surface area contributed by atoms with Crippen LogP contribution in [0.5, 0.6) is 0 Å². The number of hydrogen-bond donors (Lipinski definition) is 0. The van der Waals surface area contributed by atoms with Crippen molar-refractivity contribution in [2.24, 2.45) is 4.99 Å². The molecule has 2 aliphatic heterocycles. The van der Waals surface area contributed by atoms with E-state index in [1.165, 1.54) is 37.4 Å². The lowest BCUT2D eigenvalue weighted by Crippen LogP contribution is -2.28. The molecule has 0 bridgehead atoms. The molecule has 0 atom stereocenters. The summed E-state index contributed by atoms with van der Waals surface area (Å²) in [7, 11) is 4.04. The van der Waals surface area contributed by atoms with Crippen LogP contribution in [0.15, 0.2) is 34.2 Å². The van der Waals surface area contributed by atoms with Crippen molar-refractivity contribution >= 4 is 34.6 Å². The number of amidine groups is 1. The maximum atomic E-state index is 12.2. The van der Waals surface area contributed by atoms with Crippen molar-refractivity contribution in [2.75, 3.05) is 32.1 Å². The monoisotopic (exact) mass is 329 g/mol. The molecule has 0 unspecified atom stereocenters. The topological polar surface area (TPSA) is 35.9 Å². The lowest BCUT2D eigenvalue weighted by Gasteiger charge is -2.20. The Morgan fingerprint density at radius 1 is 1.09 bits per heavy atom. The van der Waals surface area contributed by atoms with Crippen LogP contribution in [0.2, 0.25) is 0 Å². The highest BCUT2D eigenvalue weighted by Gasteiger charge is 2.26. The lowest BCUT2D eigenvalue weighted by molar-refractivity contribution is -0.113. The minimum Gasteiger partial charge on any atom is -0.378 e. The second kappa shape index (κ2) is 7.21. The Morgan fingerprint density at radius 3 is 2.35 bits per heavy atom. The zero-order valence-electron chi connectivity index (χ0n) is 13.8. The molecule has 1 amide bonds. The molecule has 0 aliphatic carbocycles. The van der Waals surface area contributed by atoms with Crippen LogP contribution in [-0.2, 0) is 4.79 Å². The average Bonchev–Trinajstić information content (AvgIpc) is 2.76. The van der Waals surface area contributed by atoms with Crippen LogP contribution in [0.25, 0.3) is 6.08 Å². The smallest absolute Gasteiger partial charge is 0.286 e. The molecule has 2 aliphatic rings. The van der Waals surface area contributed by atoms with Gasteiger partial charge in [0.2, 0.25) is 0 Å². The summed E-state index contributed by atoms with van der Waals surface area (Å²) in [5.41, 5.74) is 2.19. The standard InChI is InChI=1S/C18H23N3OS/c1-20(2)15-9-7-14(8-10-15)13-16-17(22)19-18(23-16)21-11-5-3-4-6-12-21/h7-10,13H,3-6,11-12H2,1-2H3/b16-13-. The van der Waals surface area contributed by atoms with Gasteiger partial charge in [0.25, 0.3) is 5.91 Å². The molecular formula is C18H23N3OS. The van der Waals surface area contributed by atoms with Gasteiger partial charge in [-0.25, -0.2) is 0 Å². The molecule has 0 aromatic heterocycles. The van der Waals surface area contributed by atoms with Crippen molar-refractivity contribution in [1.29, 1.82) is 0 Å². The predicted molar refractivity (Wildman–Crippen MR) is 98.8 cm³/mol. The van der Waals surface area contributed by atoms with Gasteiger partial charge in [0.1, 0.15) is 0 Å². The number of rotatable bonds is 2. The Kier molecular flexibility index (Phi) is 5.06. The Hall–Kier alpha value is -1.75. The van der Waals surface area contributed by atoms with Crippen molar-refractivity contribution < 1.29 is 4.79 Å². The second-order valence-electron chi connectivity index (χ2n) is 6.20. The summed E-state index contributed by atoms with van der Waals surface area (Å²) in [6.07, 6.45) is 6.89. The number of likely N-dealkylation sites (tertiary alicyclic amines) is 1. The summed E-state index contributed by atoms with van der Waals surface area (Å²) in [5.74, 6) is -0.106. The van der Waals surface area contributed by atoms with Crippen molar-refractivity contribution in [3.63, 3.8) is 0 Å². The van der Waals surface area contributed by atoms with E-state index in [4.69, 9.17) is 0 Å². The predicted octanol–water partition coefficient (Wildman–Crippen LogP) is 3.60. The summed E-state index contributed by atoms with van der Waals surface area (Å²) in [6.45, 7) is 2.04. The maximum Gasteiger partial charge on any atom is 0.286 e. The van der Waals surface area contributed by atoms with Gasteiger partial charge >= 0.3 is 0 Å². The number of benzene rings is 1. The summed E-state index contributed by atoms with van der Waals surface area (Å²) in [6, 6.07) is 8.21. The normalized spacial score (nSPS) is 20.6. The van der Waals surface area contributed by atoms with Crippen LogP contribution < -0.4 is 4.90 Å². The van der Waals surface area contributed by atoms with Crippen LogP contribution in [0.1, 0.15) is 31.2 Å². The molecule has 0 radical (unpaired) electrons. The largest absolute Gasteiger partial charge is 0.378 e. The van der Waals surface area contributed by atoms with Gasteiger partial charge in [-0.1, -0.05) is 25.0 Å². The van der Waals surface area contributed by atoms with Gasteiger partial charge < -0.3 is 9.80 Å². The van der Waals surface area contributed by atoms with Gasteiger partial charge in [0.15, 0.2) is 5.17 Å². The van der Waals surface area contributed by atoms with Crippen LogP contribution in [0, 0.1) is 0 Å². The summed E-state index contributed by atoms with van der Waals surface area (Å²) in [4.78, 5) is 21.5. The van der Waals surface area contributed by atoms with E-state index in [0.717, 1.165) is 34.4 Å². The van der Waals surface area contributed by atoms with Gasteiger partial charge in [-0.3, -0.25) is 4.79 Å². The molecule has 0 N–H and O–H groups in total. The van der Waals surface area contributed by atoms with Crippen molar-refractivity contribution in [3.8, 4) is 0 Å². The van der Waals surface area contributed by atoms with Gasteiger partial charge in [0.05, 0.1) is 4.91 Å². The number of amides is 1. The molecular weight excluding hydrogens is 306 g/mol. The first-order valence-electron chi connectivity index (χ1n) is 8.18. The highest BCUT2D eigenvalue weighted by molar-refractivity contribution is 8.18. The molecule has 0 spiro atoms. The Morgan fingerprint density at radius 2 is 1.74 bits per heavy atom. The van der Waals surface area contributed by atoms with E-state index in [-0.39, 0.29) is 5.91 Å². The number of carbonyl (C=O) groups excluding carboxylic acids is 1. The summed E-state index contributed by atoms with van der Waals surface area (Å²) in [5, 5.41) is 0.882. The van der Waals surface area contributed by atoms with Crippen LogP contribution >= 0.6 is 11.8 Å². The fourth-order valence-corrected chi connectivity index (χ4v) is 3.78. The molecule has 1 aromatic carbocycles. The third kappa shape index (κ3) is 3.96. The third-order valence-corrected chi connectivity index (χ3v) is 5.24. The highest BCUT2D eigenvalue weighted by atomic mass is 32.2. The molecule has 5 heteroatoms. The number of aliphatic imine (C=N–C) groups is 1. The van der Waals surface area contributed by atoms with Crippen LogP contribution in [0.3, 0.4) is 0 Å². The molecule has 1 aromatic rings. The summed E-state index contributed by atoms with van der Waals surface area (Å²) < 4.78 is 0. The van der Waals surface area contributed by atoms with Gasteiger partial charge in [-0.15, -0.1) is 0 Å². The van der Waals surface area contributed by atoms with E-state index in [2.05, 4.69) is 26.9 Å². The van der Waals surface area contributed by atoms with Crippen molar-refractivity contribution in [3.05, 3.63) is 34.7 Å². The SMILES string of the molecule is CN(C)c1ccc(/C=C2\SC(N3CCCCCC3)=NC2=O)cc1. The van der Waals surface area contributed by atoms with Crippen LogP contribution in [0.4, 0.5) is 5.69 Å². The zero-order valence-corrected chi connectivity index (χ0v) is 14.6. The minimum atomic E-state index is -0.106. The van der Waals surface area contributed by atoms with E-state index < -0.39 is 0 Å². The molecule has 122 valence electrons. The minimum absolute atomic E-state index is 0.106. The number of thioether (sulfide) groups is 1. The third-order valence-electron chi connectivity index (χ3n) is 4.19. The average molecular weight is 329 g/mol. The fourth-order valence-electron chi connectivity index (χ4n) is 2.82. The Labute approximate surface area is 142 Å². The maximum absolute atomic E-state index is 12.2. The molecule has 23 heavy (non-hydrogen) atoms. The molecule has 3 rings (SSSR count).